The van der Waals surface area contributed by atoms with Crippen LogP contribution in [0.2, 0.25) is 0 Å². The predicted molar refractivity (Wildman–Crippen MR) is 64.8 cm³/mol. The normalized spacial score (nSPS) is 25.4. The molecule has 3 heteroatoms. The van der Waals surface area contributed by atoms with E-state index in [2.05, 4.69) is 23.4 Å². The third-order valence-corrected chi connectivity index (χ3v) is 3.52. The fraction of sp³-hybridized carbons (Fsp3) is 0.615. The molecule has 3 nitrogen and oxygen atoms in total. The van der Waals surface area contributed by atoms with Gasteiger partial charge in [0.05, 0.1) is 13.3 Å². The highest BCUT2D eigenvalue weighted by molar-refractivity contribution is 5.26. The average Bonchev–Trinajstić information content (AvgIpc) is 2.39. The molecule has 2 atom stereocenters. The Morgan fingerprint density at radius 3 is 3.00 bits per heavy atom. The summed E-state index contributed by atoms with van der Waals surface area (Å²) in [5, 5.41) is 3.38. The molecule has 1 saturated carbocycles. The van der Waals surface area contributed by atoms with Crippen LogP contribution in [0.4, 0.5) is 0 Å². The van der Waals surface area contributed by atoms with Crippen LogP contribution in [0.15, 0.2) is 18.5 Å². The van der Waals surface area contributed by atoms with Crippen molar-refractivity contribution in [1.82, 2.24) is 10.3 Å². The fourth-order valence-electron chi connectivity index (χ4n) is 2.53. The molecule has 2 rings (SSSR count). The predicted octanol–water partition coefficient (Wildman–Crippen LogP) is 2.34. The number of nitrogens with zero attached hydrogens (tertiary/aromatic N) is 1. The van der Waals surface area contributed by atoms with Crippen molar-refractivity contribution in [3.8, 4) is 5.75 Å². The molecule has 1 aliphatic carbocycles. The Hall–Kier alpha value is -1.09. The van der Waals surface area contributed by atoms with Gasteiger partial charge in [-0.1, -0.05) is 6.42 Å². The number of hydrogen-bond acceptors (Lipinski definition) is 3. The Bertz CT molecular complexity index is 340. The molecular formula is C13H20N2O. The SMILES string of the molecule is CNC1CCCC(c2cncc(OC)c2)C1. The van der Waals surface area contributed by atoms with Gasteiger partial charge in [-0.3, -0.25) is 4.98 Å². The lowest BCUT2D eigenvalue weighted by Gasteiger charge is -2.29. The third-order valence-electron chi connectivity index (χ3n) is 3.52. The highest BCUT2D eigenvalue weighted by Gasteiger charge is 2.22. The van der Waals surface area contributed by atoms with Gasteiger partial charge in [0.2, 0.25) is 0 Å². The van der Waals surface area contributed by atoms with Crippen molar-refractivity contribution < 1.29 is 4.74 Å². The van der Waals surface area contributed by atoms with Crippen molar-refractivity contribution in [3.05, 3.63) is 24.0 Å². The molecule has 1 aromatic heterocycles. The summed E-state index contributed by atoms with van der Waals surface area (Å²) in [6, 6.07) is 2.78. The summed E-state index contributed by atoms with van der Waals surface area (Å²) in [6.45, 7) is 0. The van der Waals surface area contributed by atoms with Crippen LogP contribution >= 0.6 is 0 Å². The van der Waals surface area contributed by atoms with Crippen LogP contribution in [0.5, 0.6) is 5.75 Å². The third kappa shape index (κ3) is 2.53. The monoisotopic (exact) mass is 220 g/mol. The number of pyridine rings is 1. The van der Waals surface area contributed by atoms with Crippen LogP contribution in [0, 0.1) is 0 Å². The van der Waals surface area contributed by atoms with E-state index < -0.39 is 0 Å². The van der Waals surface area contributed by atoms with Crippen molar-refractivity contribution in [3.63, 3.8) is 0 Å². The molecule has 0 radical (unpaired) electrons. The minimum atomic E-state index is 0.633. The van der Waals surface area contributed by atoms with E-state index in [1.54, 1.807) is 13.3 Å². The maximum atomic E-state index is 5.22. The Morgan fingerprint density at radius 2 is 2.25 bits per heavy atom. The number of nitrogens with one attached hydrogen (secondary N) is 1. The van der Waals surface area contributed by atoms with E-state index in [1.807, 2.05) is 6.20 Å². The Morgan fingerprint density at radius 1 is 1.38 bits per heavy atom. The van der Waals surface area contributed by atoms with E-state index in [-0.39, 0.29) is 0 Å². The highest BCUT2D eigenvalue weighted by atomic mass is 16.5. The number of ether oxygens (including phenoxy) is 1. The second-order valence-corrected chi connectivity index (χ2v) is 4.51. The first-order chi connectivity index (χ1) is 7.83. The van der Waals surface area contributed by atoms with E-state index in [4.69, 9.17) is 4.74 Å². The summed E-state index contributed by atoms with van der Waals surface area (Å²) in [6.07, 6.45) is 8.82. The van der Waals surface area contributed by atoms with E-state index in [0.717, 1.165) is 5.75 Å². The topological polar surface area (TPSA) is 34.2 Å². The molecule has 2 unspecified atom stereocenters. The van der Waals surface area contributed by atoms with Crippen molar-refractivity contribution in [2.24, 2.45) is 0 Å². The average molecular weight is 220 g/mol. The first-order valence-corrected chi connectivity index (χ1v) is 5.99. The molecule has 1 aromatic rings. The van der Waals surface area contributed by atoms with Gasteiger partial charge in [0.1, 0.15) is 5.75 Å². The standard InChI is InChI=1S/C13H20N2O/c1-14-12-5-3-4-10(6-12)11-7-13(16-2)9-15-8-11/h7-10,12,14H,3-6H2,1-2H3. The minimum Gasteiger partial charge on any atom is -0.495 e. The number of rotatable bonds is 3. The quantitative estimate of drug-likeness (QED) is 0.849. The smallest absolute Gasteiger partial charge is 0.137 e. The van der Waals surface area contributed by atoms with Gasteiger partial charge in [0, 0.05) is 12.2 Å². The molecule has 0 spiro atoms. The maximum absolute atomic E-state index is 5.22. The highest BCUT2D eigenvalue weighted by Crippen LogP contribution is 2.33. The van der Waals surface area contributed by atoms with Crippen molar-refractivity contribution in [1.29, 1.82) is 0 Å². The number of hydrogen-bond donors (Lipinski definition) is 1. The van der Waals surface area contributed by atoms with E-state index in [0.29, 0.717) is 12.0 Å². The zero-order valence-corrected chi connectivity index (χ0v) is 10.1. The molecule has 1 heterocycles. The molecule has 16 heavy (non-hydrogen) atoms. The first kappa shape index (κ1) is 11.4. The van der Waals surface area contributed by atoms with E-state index in [9.17, 15) is 0 Å². The van der Waals surface area contributed by atoms with Gasteiger partial charge in [0.25, 0.3) is 0 Å². The zero-order chi connectivity index (χ0) is 11.4. The summed E-state index contributed by atoms with van der Waals surface area (Å²) < 4.78 is 5.22. The van der Waals surface area contributed by atoms with Gasteiger partial charge in [-0.05, 0) is 43.9 Å². The molecule has 0 saturated heterocycles. The fourth-order valence-corrected chi connectivity index (χ4v) is 2.53. The summed E-state index contributed by atoms with van der Waals surface area (Å²) >= 11 is 0. The minimum absolute atomic E-state index is 0.633. The molecular weight excluding hydrogens is 200 g/mol. The molecule has 88 valence electrons. The lowest BCUT2D eigenvalue weighted by atomic mass is 9.82. The van der Waals surface area contributed by atoms with Crippen molar-refractivity contribution in [2.75, 3.05) is 14.2 Å². The van der Waals surface area contributed by atoms with E-state index in [1.165, 1.54) is 31.2 Å². The molecule has 0 aromatic carbocycles. The molecule has 0 aliphatic heterocycles. The van der Waals surface area contributed by atoms with Crippen LogP contribution in [-0.4, -0.2) is 25.2 Å². The largest absolute Gasteiger partial charge is 0.495 e. The zero-order valence-electron chi connectivity index (χ0n) is 10.1. The molecule has 1 N–H and O–H groups in total. The maximum Gasteiger partial charge on any atom is 0.137 e. The van der Waals surface area contributed by atoms with Crippen LogP contribution in [0.3, 0.4) is 0 Å². The van der Waals surface area contributed by atoms with Gasteiger partial charge in [0.15, 0.2) is 0 Å². The van der Waals surface area contributed by atoms with Gasteiger partial charge >= 0.3 is 0 Å². The van der Waals surface area contributed by atoms with Crippen LogP contribution in [0.25, 0.3) is 0 Å². The summed E-state index contributed by atoms with van der Waals surface area (Å²) in [7, 11) is 3.74. The summed E-state index contributed by atoms with van der Waals surface area (Å²) in [5.41, 5.74) is 1.32. The summed E-state index contributed by atoms with van der Waals surface area (Å²) in [4.78, 5) is 4.24. The lowest BCUT2D eigenvalue weighted by molar-refractivity contribution is 0.353. The molecule has 0 bridgehead atoms. The Kier molecular flexibility index (Phi) is 3.78. The second-order valence-electron chi connectivity index (χ2n) is 4.51. The summed E-state index contributed by atoms with van der Waals surface area (Å²) in [5.74, 6) is 1.50. The van der Waals surface area contributed by atoms with Crippen molar-refractivity contribution in [2.45, 2.75) is 37.6 Å². The number of aromatic nitrogens is 1. The number of methoxy groups -OCH3 is 1. The van der Waals surface area contributed by atoms with Crippen molar-refractivity contribution >= 4 is 0 Å². The van der Waals surface area contributed by atoms with Crippen LogP contribution in [-0.2, 0) is 0 Å². The van der Waals surface area contributed by atoms with Crippen LogP contribution < -0.4 is 10.1 Å². The van der Waals surface area contributed by atoms with Gasteiger partial charge in [-0.2, -0.15) is 0 Å². The van der Waals surface area contributed by atoms with Gasteiger partial charge in [-0.15, -0.1) is 0 Å². The van der Waals surface area contributed by atoms with Crippen LogP contribution in [0.1, 0.15) is 37.2 Å². The first-order valence-electron chi connectivity index (χ1n) is 5.99. The van der Waals surface area contributed by atoms with E-state index >= 15 is 0 Å². The molecule has 1 fully saturated rings. The second kappa shape index (κ2) is 5.30. The molecule has 1 aliphatic rings. The Balaban J connectivity index is 2.10. The Labute approximate surface area is 97.2 Å². The lowest BCUT2D eigenvalue weighted by Crippen LogP contribution is -2.30. The van der Waals surface area contributed by atoms with Gasteiger partial charge < -0.3 is 10.1 Å². The van der Waals surface area contributed by atoms with Gasteiger partial charge in [-0.25, -0.2) is 0 Å². The molecule has 0 amide bonds.